The molecule has 0 rings (SSSR count). The Balaban J connectivity index is 2.97. The molecule has 0 aromatic rings. The van der Waals surface area contributed by atoms with Crippen LogP contribution in [0.25, 0.3) is 0 Å². The highest BCUT2D eigenvalue weighted by Crippen LogP contribution is 2.10. The maximum atomic E-state index is 3.86. The summed E-state index contributed by atoms with van der Waals surface area (Å²) in [4.78, 5) is 0. The first-order chi connectivity index (χ1) is 8.41. The van der Waals surface area contributed by atoms with Crippen LogP contribution in [0.2, 0.25) is 0 Å². The second kappa shape index (κ2) is 15.7. The molecule has 0 N–H and O–H groups in total. The van der Waals surface area contributed by atoms with Gasteiger partial charge in [0, 0.05) is 0 Å². The first-order valence-corrected chi connectivity index (χ1v) is 7.86. The van der Waals surface area contributed by atoms with Crippen molar-refractivity contribution in [2.45, 2.75) is 90.4 Å². The molecule has 1 radical (unpaired) electrons. The molecule has 0 aliphatic carbocycles. The van der Waals surface area contributed by atoms with Gasteiger partial charge in [0.15, 0.2) is 0 Å². The normalized spacial score (nSPS) is 11.4. The van der Waals surface area contributed by atoms with Crippen molar-refractivity contribution in [2.24, 2.45) is 0 Å². The van der Waals surface area contributed by atoms with E-state index in [1.165, 1.54) is 77.0 Å². The molecule has 0 bridgehead atoms. The molecular formula is C17H33. The lowest BCUT2D eigenvalue weighted by atomic mass is 10.1. The van der Waals surface area contributed by atoms with E-state index in [9.17, 15) is 0 Å². The zero-order chi connectivity index (χ0) is 12.6. The molecule has 0 unspecified atom stereocenters. The summed E-state index contributed by atoms with van der Waals surface area (Å²) in [5, 5.41) is 0. The van der Waals surface area contributed by atoms with Crippen molar-refractivity contribution in [2.75, 3.05) is 0 Å². The summed E-state index contributed by atoms with van der Waals surface area (Å²) in [5.74, 6) is 0. The minimum atomic E-state index is 1.09. The van der Waals surface area contributed by atoms with Crippen molar-refractivity contribution in [1.29, 1.82) is 0 Å². The van der Waals surface area contributed by atoms with Crippen LogP contribution in [0.1, 0.15) is 90.4 Å². The van der Waals surface area contributed by atoms with E-state index in [4.69, 9.17) is 0 Å². The van der Waals surface area contributed by atoms with Crippen LogP contribution in [0, 0.1) is 6.92 Å². The van der Waals surface area contributed by atoms with Crippen molar-refractivity contribution >= 4 is 0 Å². The maximum Gasteiger partial charge on any atom is -0.0351 e. The van der Waals surface area contributed by atoms with Gasteiger partial charge in [0.25, 0.3) is 0 Å². The molecular weight excluding hydrogens is 204 g/mol. The lowest BCUT2D eigenvalue weighted by molar-refractivity contribution is 0.577. The highest BCUT2D eigenvalue weighted by Gasteiger charge is 1.90. The van der Waals surface area contributed by atoms with E-state index in [0.29, 0.717) is 0 Å². The molecule has 0 spiro atoms. The van der Waals surface area contributed by atoms with Gasteiger partial charge in [0.2, 0.25) is 0 Å². The van der Waals surface area contributed by atoms with Gasteiger partial charge in [0.1, 0.15) is 0 Å². The Kier molecular flexibility index (Phi) is 15.5. The Morgan fingerprint density at radius 1 is 0.647 bits per heavy atom. The molecule has 0 aliphatic rings. The van der Waals surface area contributed by atoms with Crippen LogP contribution < -0.4 is 0 Å². The quantitative estimate of drug-likeness (QED) is 0.254. The molecule has 0 aromatic carbocycles. The molecule has 0 fully saturated rings. The van der Waals surface area contributed by atoms with E-state index >= 15 is 0 Å². The van der Waals surface area contributed by atoms with Crippen LogP contribution in [-0.2, 0) is 0 Å². The summed E-state index contributed by atoms with van der Waals surface area (Å²) in [6.07, 6.45) is 22.4. The predicted molar refractivity (Wildman–Crippen MR) is 80.2 cm³/mol. The average Bonchev–Trinajstić information content (AvgIpc) is 2.35. The zero-order valence-electron chi connectivity index (χ0n) is 12.1. The Hall–Kier alpha value is -0.260. The largest absolute Gasteiger partial charge is 0.0885 e. The van der Waals surface area contributed by atoms with Crippen molar-refractivity contribution in [3.63, 3.8) is 0 Å². The highest BCUT2D eigenvalue weighted by molar-refractivity contribution is 4.81. The number of allylic oxidation sites excluding steroid dienone is 2. The molecule has 0 amide bonds. The maximum absolute atomic E-state index is 3.86. The van der Waals surface area contributed by atoms with Gasteiger partial charge in [-0.2, -0.15) is 0 Å². The third-order valence-corrected chi connectivity index (χ3v) is 3.26. The molecule has 0 atom stereocenters. The van der Waals surface area contributed by atoms with E-state index in [1.54, 1.807) is 0 Å². The van der Waals surface area contributed by atoms with Crippen LogP contribution in [-0.4, -0.2) is 0 Å². The van der Waals surface area contributed by atoms with Crippen LogP contribution >= 0.6 is 0 Å². The van der Waals surface area contributed by atoms with Gasteiger partial charge in [-0.3, -0.25) is 0 Å². The standard InChI is InChI=1S/C17H33/c1-3-5-7-9-11-13-15-17-16-14-12-10-8-6-4-2/h11,13H,1,3-10,12,14-17H2,2H3. The fraction of sp³-hybridized carbons (Fsp3) is 0.824. The smallest absolute Gasteiger partial charge is 0.0351 e. The molecule has 0 heteroatoms. The zero-order valence-corrected chi connectivity index (χ0v) is 12.1. The summed E-state index contributed by atoms with van der Waals surface area (Å²) in [7, 11) is 0. The summed E-state index contributed by atoms with van der Waals surface area (Å²) in [5.41, 5.74) is 0. The highest BCUT2D eigenvalue weighted by atomic mass is 14.0. The summed E-state index contributed by atoms with van der Waals surface area (Å²) in [6.45, 7) is 6.14. The van der Waals surface area contributed by atoms with Gasteiger partial charge in [-0.05, 0) is 25.7 Å². The van der Waals surface area contributed by atoms with Crippen molar-refractivity contribution in [3.05, 3.63) is 19.1 Å². The topological polar surface area (TPSA) is 0 Å². The number of unbranched alkanes of at least 4 members (excludes halogenated alkanes) is 11. The second-order valence-electron chi connectivity index (χ2n) is 5.08. The van der Waals surface area contributed by atoms with E-state index in [0.717, 1.165) is 6.42 Å². The van der Waals surface area contributed by atoms with Crippen molar-refractivity contribution < 1.29 is 0 Å². The van der Waals surface area contributed by atoms with Crippen LogP contribution in [0.15, 0.2) is 12.2 Å². The Labute approximate surface area is 110 Å². The number of rotatable bonds is 13. The third kappa shape index (κ3) is 15.7. The van der Waals surface area contributed by atoms with Gasteiger partial charge in [-0.25, -0.2) is 0 Å². The Morgan fingerprint density at radius 3 is 1.65 bits per heavy atom. The molecule has 0 heterocycles. The molecule has 0 aromatic heterocycles. The summed E-state index contributed by atoms with van der Waals surface area (Å²) >= 11 is 0. The van der Waals surface area contributed by atoms with Gasteiger partial charge in [-0.1, -0.05) is 83.8 Å². The van der Waals surface area contributed by atoms with Crippen LogP contribution in [0.4, 0.5) is 0 Å². The Morgan fingerprint density at radius 2 is 1.12 bits per heavy atom. The monoisotopic (exact) mass is 237 g/mol. The van der Waals surface area contributed by atoms with E-state index < -0.39 is 0 Å². The van der Waals surface area contributed by atoms with Crippen molar-refractivity contribution in [1.82, 2.24) is 0 Å². The first kappa shape index (κ1) is 16.7. The van der Waals surface area contributed by atoms with Gasteiger partial charge in [-0.15, -0.1) is 0 Å². The van der Waals surface area contributed by atoms with Crippen LogP contribution in [0.3, 0.4) is 0 Å². The molecule has 17 heavy (non-hydrogen) atoms. The number of hydrogen-bond donors (Lipinski definition) is 0. The van der Waals surface area contributed by atoms with E-state index in [-0.39, 0.29) is 0 Å². The summed E-state index contributed by atoms with van der Waals surface area (Å²) < 4.78 is 0. The first-order valence-electron chi connectivity index (χ1n) is 7.86. The SMILES string of the molecule is [CH2]CCCCC=CCCCCCCCCCC. The molecule has 0 nitrogen and oxygen atoms in total. The molecule has 0 saturated heterocycles. The van der Waals surface area contributed by atoms with Gasteiger partial charge >= 0.3 is 0 Å². The average molecular weight is 237 g/mol. The van der Waals surface area contributed by atoms with E-state index in [1.807, 2.05) is 0 Å². The molecule has 0 aliphatic heterocycles. The van der Waals surface area contributed by atoms with E-state index in [2.05, 4.69) is 26.0 Å². The minimum Gasteiger partial charge on any atom is -0.0885 e. The van der Waals surface area contributed by atoms with Gasteiger partial charge in [0.05, 0.1) is 0 Å². The van der Waals surface area contributed by atoms with Crippen molar-refractivity contribution in [3.8, 4) is 0 Å². The number of hydrogen-bond acceptors (Lipinski definition) is 0. The molecule has 101 valence electrons. The minimum absolute atomic E-state index is 1.09. The second-order valence-corrected chi connectivity index (χ2v) is 5.08. The third-order valence-electron chi connectivity index (χ3n) is 3.26. The van der Waals surface area contributed by atoms with Gasteiger partial charge < -0.3 is 0 Å². The fourth-order valence-corrected chi connectivity index (χ4v) is 2.07. The lowest BCUT2D eigenvalue weighted by Crippen LogP contribution is -1.80. The Bertz CT molecular complexity index is 146. The van der Waals surface area contributed by atoms with Crippen LogP contribution in [0.5, 0.6) is 0 Å². The summed E-state index contributed by atoms with van der Waals surface area (Å²) in [6, 6.07) is 0. The predicted octanol–water partition coefficient (Wildman–Crippen LogP) is 6.47. The fourth-order valence-electron chi connectivity index (χ4n) is 2.07. The molecule has 0 saturated carbocycles. The lowest BCUT2D eigenvalue weighted by Gasteiger charge is -1.99.